The largest absolute Gasteiger partial charge is 0.504 e. The van der Waals surface area contributed by atoms with Gasteiger partial charge in [0.15, 0.2) is 11.5 Å². The summed E-state index contributed by atoms with van der Waals surface area (Å²) in [7, 11) is 1.40. The van der Waals surface area contributed by atoms with Crippen molar-refractivity contribution in [3.05, 3.63) is 72.1 Å². The van der Waals surface area contributed by atoms with Crippen LogP contribution in [0.1, 0.15) is 15.9 Å². The van der Waals surface area contributed by atoms with Gasteiger partial charge >= 0.3 is 0 Å². The Morgan fingerprint density at radius 3 is 2.88 bits per heavy atom. The summed E-state index contributed by atoms with van der Waals surface area (Å²) in [6, 6.07) is 9.31. The first kappa shape index (κ1) is 16.5. The molecule has 7 heteroatoms. The van der Waals surface area contributed by atoms with Crippen LogP contribution in [-0.2, 0) is 6.54 Å². The average Bonchev–Trinajstić information content (AvgIpc) is 3.14. The van der Waals surface area contributed by atoms with Crippen LogP contribution in [0.15, 0.2) is 55.1 Å². The third-order valence-corrected chi connectivity index (χ3v) is 3.71. The van der Waals surface area contributed by atoms with Crippen molar-refractivity contribution in [3.63, 3.8) is 0 Å². The van der Waals surface area contributed by atoms with Gasteiger partial charge in [-0.2, -0.15) is 0 Å². The number of aromatic nitrogens is 2. The summed E-state index contributed by atoms with van der Waals surface area (Å²) < 4.78 is 20.7. The van der Waals surface area contributed by atoms with Crippen molar-refractivity contribution in [3.8, 4) is 17.2 Å². The molecular weight excluding hydrogens is 325 g/mol. The summed E-state index contributed by atoms with van der Waals surface area (Å²) in [4.78, 5) is 16.1. The third kappa shape index (κ3) is 3.45. The Morgan fingerprint density at radius 1 is 1.36 bits per heavy atom. The Kier molecular flexibility index (Phi) is 4.65. The first-order valence-corrected chi connectivity index (χ1v) is 7.51. The van der Waals surface area contributed by atoms with Crippen LogP contribution in [0, 0.1) is 5.82 Å². The molecule has 0 bridgehead atoms. The van der Waals surface area contributed by atoms with Gasteiger partial charge in [0.25, 0.3) is 5.91 Å². The molecule has 0 atom stereocenters. The number of hydrogen-bond acceptors (Lipinski definition) is 4. The Hall–Kier alpha value is -3.35. The lowest BCUT2D eigenvalue weighted by Gasteiger charge is -2.10. The Morgan fingerprint density at radius 2 is 2.20 bits per heavy atom. The number of nitrogens with zero attached hydrogens (tertiary/aromatic N) is 2. The number of ether oxygens (including phenoxy) is 1. The second-order valence-electron chi connectivity index (χ2n) is 5.29. The lowest BCUT2D eigenvalue weighted by Crippen LogP contribution is -2.23. The van der Waals surface area contributed by atoms with Crippen LogP contribution in [0.5, 0.6) is 11.5 Å². The van der Waals surface area contributed by atoms with Crippen LogP contribution >= 0.6 is 0 Å². The van der Waals surface area contributed by atoms with Gasteiger partial charge in [-0.3, -0.25) is 4.79 Å². The number of amides is 1. The van der Waals surface area contributed by atoms with Crippen molar-refractivity contribution in [2.24, 2.45) is 0 Å². The molecule has 0 aliphatic heterocycles. The number of para-hydroxylation sites is 1. The molecule has 0 spiro atoms. The molecule has 3 aromatic rings. The zero-order valence-corrected chi connectivity index (χ0v) is 13.4. The van der Waals surface area contributed by atoms with Crippen LogP contribution in [0.2, 0.25) is 0 Å². The van der Waals surface area contributed by atoms with Gasteiger partial charge in [0.2, 0.25) is 0 Å². The second kappa shape index (κ2) is 7.04. The van der Waals surface area contributed by atoms with Gasteiger partial charge in [0.05, 0.1) is 24.7 Å². The number of halogens is 1. The molecule has 0 radical (unpaired) electrons. The van der Waals surface area contributed by atoms with E-state index >= 15 is 0 Å². The molecule has 0 saturated carbocycles. The summed E-state index contributed by atoms with van der Waals surface area (Å²) in [5, 5.41) is 12.6. The first-order valence-electron chi connectivity index (χ1n) is 7.51. The van der Waals surface area contributed by atoms with E-state index < -0.39 is 11.7 Å². The molecule has 2 N–H and O–H groups in total. The zero-order valence-electron chi connectivity index (χ0n) is 13.4. The number of nitrogens with one attached hydrogen (secondary N) is 1. The highest BCUT2D eigenvalue weighted by molar-refractivity contribution is 5.97. The molecule has 0 fully saturated rings. The lowest BCUT2D eigenvalue weighted by atomic mass is 10.1. The maximum Gasteiger partial charge on any atom is 0.255 e. The van der Waals surface area contributed by atoms with Crippen LogP contribution in [-0.4, -0.2) is 27.7 Å². The van der Waals surface area contributed by atoms with E-state index in [4.69, 9.17) is 4.74 Å². The number of hydrogen-bond donors (Lipinski definition) is 2. The molecular formula is C18H16FN3O3. The summed E-state index contributed by atoms with van der Waals surface area (Å²) in [5.74, 6) is -0.919. The van der Waals surface area contributed by atoms with Gasteiger partial charge in [-0.25, -0.2) is 9.37 Å². The Labute approximate surface area is 143 Å². The smallest absolute Gasteiger partial charge is 0.255 e. The number of phenols is 1. The molecule has 2 aromatic carbocycles. The van der Waals surface area contributed by atoms with Gasteiger partial charge in [-0.05, 0) is 29.8 Å². The summed E-state index contributed by atoms with van der Waals surface area (Å²) in [6.45, 7) is 0.122. The van der Waals surface area contributed by atoms with Crippen molar-refractivity contribution in [1.82, 2.24) is 14.9 Å². The zero-order chi connectivity index (χ0) is 17.8. The minimum Gasteiger partial charge on any atom is -0.504 e. The minimum atomic E-state index is -0.476. The van der Waals surface area contributed by atoms with Crippen LogP contribution < -0.4 is 10.1 Å². The average molecular weight is 341 g/mol. The lowest BCUT2D eigenvalue weighted by molar-refractivity contribution is 0.0947. The maximum absolute atomic E-state index is 14.2. The molecule has 3 rings (SSSR count). The number of carbonyl (C=O) groups is 1. The van der Waals surface area contributed by atoms with Gasteiger partial charge < -0.3 is 19.7 Å². The van der Waals surface area contributed by atoms with E-state index in [0.29, 0.717) is 11.3 Å². The molecule has 0 unspecified atom stereocenters. The number of imidazole rings is 1. The van der Waals surface area contributed by atoms with E-state index in [2.05, 4.69) is 10.3 Å². The molecule has 1 amide bonds. The van der Waals surface area contributed by atoms with Crippen molar-refractivity contribution in [2.75, 3.05) is 7.11 Å². The fourth-order valence-electron chi connectivity index (χ4n) is 2.42. The highest BCUT2D eigenvalue weighted by Gasteiger charge is 2.14. The topological polar surface area (TPSA) is 76.4 Å². The highest BCUT2D eigenvalue weighted by atomic mass is 19.1. The van der Waals surface area contributed by atoms with Crippen LogP contribution in [0.25, 0.3) is 5.69 Å². The maximum atomic E-state index is 14.2. The number of phenolic OH excluding ortho intramolecular Hbond substituents is 1. The molecule has 25 heavy (non-hydrogen) atoms. The molecule has 0 saturated heterocycles. The number of aromatic hydroxyl groups is 1. The Bertz CT molecular complexity index is 895. The SMILES string of the molecule is COc1cccc(C(=O)NCc2ccc(-n3ccnc3)c(F)c2)c1O. The van der Waals surface area contributed by atoms with E-state index in [1.165, 1.54) is 25.6 Å². The molecule has 0 aliphatic rings. The van der Waals surface area contributed by atoms with Crippen LogP contribution in [0.3, 0.4) is 0 Å². The van der Waals surface area contributed by atoms with Crippen molar-refractivity contribution < 1.29 is 19.0 Å². The molecule has 1 heterocycles. The van der Waals surface area contributed by atoms with E-state index in [0.717, 1.165) is 0 Å². The van der Waals surface area contributed by atoms with Gasteiger partial charge in [0, 0.05) is 18.9 Å². The molecule has 128 valence electrons. The number of benzene rings is 2. The fourth-order valence-corrected chi connectivity index (χ4v) is 2.42. The van der Waals surface area contributed by atoms with E-state index in [-0.39, 0.29) is 23.6 Å². The van der Waals surface area contributed by atoms with Gasteiger partial charge in [0.1, 0.15) is 5.82 Å². The van der Waals surface area contributed by atoms with Crippen LogP contribution in [0.4, 0.5) is 4.39 Å². The van der Waals surface area contributed by atoms with Crippen molar-refractivity contribution in [1.29, 1.82) is 0 Å². The highest BCUT2D eigenvalue weighted by Crippen LogP contribution is 2.29. The first-order chi connectivity index (χ1) is 12.1. The third-order valence-electron chi connectivity index (χ3n) is 3.71. The van der Waals surface area contributed by atoms with Crippen molar-refractivity contribution in [2.45, 2.75) is 6.54 Å². The number of carbonyl (C=O) groups excluding carboxylic acids is 1. The summed E-state index contributed by atoms with van der Waals surface area (Å²) in [6.07, 6.45) is 4.71. The second-order valence-corrected chi connectivity index (χ2v) is 5.29. The molecule has 1 aromatic heterocycles. The van der Waals surface area contributed by atoms with Gasteiger partial charge in [-0.15, -0.1) is 0 Å². The predicted molar refractivity (Wildman–Crippen MR) is 89.4 cm³/mol. The number of rotatable bonds is 5. The van der Waals surface area contributed by atoms with Gasteiger partial charge in [-0.1, -0.05) is 12.1 Å². The predicted octanol–water partition coefficient (Wildman–Crippen LogP) is 2.66. The van der Waals surface area contributed by atoms with E-state index in [1.807, 2.05) is 0 Å². The summed E-state index contributed by atoms with van der Waals surface area (Å²) in [5.41, 5.74) is 1.06. The minimum absolute atomic E-state index is 0.0925. The standard InChI is InChI=1S/C18H16FN3O3/c1-25-16-4-2-3-13(17(16)23)18(24)21-10-12-5-6-15(14(19)9-12)22-8-7-20-11-22/h2-9,11,23H,10H2,1H3,(H,21,24). The molecule has 6 nitrogen and oxygen atoms in total. The van der Waals surface area contributed by atoms with E-state index in [1.54, 1.807) is 41.2 Å². The quantitative estimate of drug-likeness (QED) is 0.748. The fraction of sp³-hybridized carbons (Fsp3) is 0.111. The monoisotopic (exact) mass is 341 g/mol. The molecule has 0 aliphatic carbocycles. The van der Waals surface area contributed by atoms with E-state index in [9.17, 15) is 14.3 Å². The number of methoxy groups -OCH3 is 1. The normalized spacial score (nSPS) is 10.5. The summed E-state index contributed by atoms with van der Waals surface area (Å²) >= 11 is 0. The van der Waals surface area contributed by atoms with Crippen molar-refractivity contribution >= 4 is 5.91 Å². The Balaban J connectivity index is 1.72.